The highest BCUT2D eigenvalue weighted by molar-refractivity contribution is 6.10. The van der Waals surface area contributed by atoms with Gasteiger partial charge in [-0.25, -0.2) is 9.59 Å². The highest BCUT2D eigenvalue weighted by atomic mass is 16.4. The molecule has 1 aromatic heterocycles. The second kappa shape index (κ2) is 14.9. The fraction of sp³-hybridized carbons (Fsp3) is 0.419. The van der Waals surface area contributed by atoms with E-state index >= 15 is 0 Å². The molecule has 13 nitrogen and oxygen atoms in total. The van der Waals surface area contributed by atoms with Gasteiger partial charge in [0, 0.05) is 55.2 Å². The first-order valence-corrected chi connectivity index (χ1v) is 14.5. The van der Waals surface area contributed by atoms with Crippen LogP contribution in [0.2, 0.25) is 0 Å². The summed E-state index contributed by atoms with van der Waals surface area (Å²) in [6, 6.07) is 17.7. The predicted octanol–water partition coefficient (Wildman–Crippen LogP) is 0.931. The Morgan fingerprint density at radius 2 is 1.48 bits per heavy atom. The van der Waals surface area contributed by atoms with Gasteiger partial charge >= 0.3 is 11.9 Å². The molecule has 2 aromatic carbocycles. The lowest BCUT2D eigenvalue weighted by molar-refractivity contribution is -0.165. The highest BCUT2D eigenvalue weighted by Gasteiger charge is 2.31. The fourth-order valence-electron chi connectivity index (χ4n) is 5.43. The summed E-state index contributed by atoms with van der Waals surface area (Å²) in [6.45, 7) is 5.58. The minimum absolute atomic E-state index is 0.00109. The van der Waals surface area contributed by atoms with Gasteiger partial charge in [0.05, 0.1) is 0 Å². The normalized spacial score (nSPS) is 17.8. The Morgan fingerprint density at radius 3 is 2.07 bits per heavy atom. The SMILES string of the molecule is CN1CCC(N2CCN(C(=O)CN(C(=O)c3ccc4cc[nH]c4c3)c3ccccc3)CC2)CC1.O=C(O)C(O)C(O)C(=O)O. The molecule has 13 heteroatoms. The van der Waals surface area contributed by atoms with Gasteiger partial charge in [-0.15, -0.1) is 0 Å². The van der Waals surface area contributed by atoms with Crippen molar-refractivity contribution < 1.29 is 39.6 Å². The third-order valence-electron chi connectivity index (χ3n) is 8.08. The number of carbonyl (C=O) groups is 4. The van der Waals surface area contributed by atoms with Gasteiger partial charge in [0.25, 0.3) is 5.91 Å². The zero-order valence-corrected chi connectivity index (χ0v) is 24.6. The van der Waals surface area contributed by atoms with Crippen LogP contribution in [0.3, 0.4) is 0 Å². The van der Waals surface area contributed by atoms with Gasteiger partial charge in [-0.2, -0.15) is 0 Å². The summed E-state index contributed by atoms with van der Waals surface area (Å²) < 4.78 is 0. The number of carboxylic acid groups (broad SMARTS) is 2. The third-order valence-corrected chi connectivity index (χ3v) is 8.08. The molecule has 0 saturated carbocycles. The van der Waals surface area contributed by atoms with Crippen LogP contribution in [-0.4, -0.2) is 135 Å². The number of amides is 2. The van der Waals surface area contributed by atoms with Gasteiger partial charge in [0.1, 0.15) is 6.54 Å². The molecule has 2 aliphatic heterocycles. The first-order valence-electron chi connectivity index (χ1n) is 14.5. The van der Waals surface area contributed by atoms with Crippen LogP contribution in [-0.2, 0) is 14.4 Å². The lowest BCUT2D eigenvalue weighted by Crippen LogP contribution is -2.55. The van der Waals surface area contributed by atoms with E-state index in [1.165, 1.54) is 12.8 Å². The second-order valence-electron chi connectivity index (χ2n) is 11.0. The topological polar surface area (TPSA) is 178 Å². The average molecular weight is 610 g/mol. The molecule has 0 spiro atoms. The molecule has 236 valence electrons. The summed E-state index contributed by atoms with van der Waals surface area (Å²) in [5, 5.41) is 33.6. The first kappa shape index (κ1) is 32.6. The molecule has 3 heterocycles. The van der Waals surface area contributed by atoms with Gasteiger partial charge < -0.3 is 35.2 Å². The number of piperazine rings is 1. The van der Waals surface area contributed by atoms with Crippen LogP contribution in [0.25, 0.3) is 10.9 Å². The number of aliphatic hydroxyl groups is 2. The van der Waals surface area contributed by atoms with Crippen molar-refractivity contribution in [2.24, 2.45) is 0 Å². The average Bonchev–Trinajstić information content (AvgIpc) is 3.52. The summed E-state index contributed by atoms with van der Waals surface area (Å²) in [5.74, 6) is -3.70. The fourth-order valence-corrected chi connectivity index (χ4v) is 5.43. The van der Waals surface area contributed by atoms with E-state index in [1.807, 2.05) is 65.7 Å². The van der Waals surface area contributed by atoms with E-state index in [1.54, 1.807) is 4.90 Å². The molecule has 2 amide bonds. The van der Waals surface area contributed by atoms with Gasteiger partial charge in [-0.05, 0) is 68.7 Å². The number of likely N-dealkylation sites (tertiary alicyclic amines) is 1. The van der Waals surface area contributed by atoms with Crippen LogP contribution < -0.4 is 4.90 Å². The number of carbonyl (C=O) groups excluding carboxylic acids is 2. The van der Waals surface area contributed by atoms with E-state index in [4.69, 9.17) is 20.4 Å². The maximum absolute atomic E-state index is 13.5. The molecule has 5 rings (SSSR count). The molecule has 2 saturated heterocycles. The standard InChI is InChI=1S/C27H33N5O2.C4H6O6/c1-29-13-10-23(11-14-29)30-15-17-31(18-16-30)26(33)20-32(24-5-3-2-4-6-24)27(34)22-8-7-21-9-12-28-25(21)19-22;5-1(3(7)8)2(6)4(9)10/h2-9,12,19,23,28H,10-11,13-18,20H2,1H3;1-2,5-6H,(H,7,8)(H,9,10). The zero-order valence-electron chi connectivity index (χ0n) is 24.6. The number of fused-ring (bicyclic) bond motifs is 1. The number of rotatable bonds is 8. The van der Waals surface area contributed by atoms with E-state index in [0.717, 1.165) is 55.9 Å². The second-order valence-corrected chi connectivity index (χ2v) is 11.0. The van der Waals surface area contributed by atoms with E-state index in [2.05, 4.69) is 21.8 Å². The largest absolute Gasteiger partial charge is 0.479 e. The first-order chi connectivity index (χ1) is 21.0. The van der Waals surface area contributed by atoms with E-state index < -0.39 is 24.1 Å². The molecule has 5 N–H and O–H groups in total. The minimum atomic E-state index is -2.27. The Bertz CT molecular complexity index is 1410. The number of benzene rings is 2. The van der Waals surface area contributed by atoms with Gasteiger partial charge in [-0.1, -0.05) is 24.3 Å². The number of para-hydroxylation sites is 1. The Morgan fingerprint density at radius 1 is 0.864 bits per heavy atom. The smallest absolute Gasteiger partial charge is 0.335 e. The molecule has 2 aliphatic rings. The summed E-state index contributed by atoms with van der Waals surface area (Å²) in [7, 11) is 2.18. The van der Waals surface area contributed by atoms with Gasteiger partial charge in [0.15, 0.2) is 12.2 Å². The van der Waals surface area contributed by atoms with Crippen LogP contribution >= 0.6 is 0 Å². The number of hydrogen-bond acceptors (Lipinski definition) is 8. The number of nitrogens with zero attached hydrogens (tertiary/aromatic N) is 4. The van der Waals surface area contributed by atoms with Crippen molar-refractivity contribution >= 4 is 40.3 Å². The Balaban J connectivity index is 0.000000382. The minimum Gasteiger partial charge on any atom is -0.479 e. The van der Waals surface area contributed by atoms with Crippen molar-refractivity contribution in [1.29, 1.82) is 0 Å². The predicted molar refractivity (Wildman–Crippen MR) is 162 cm³/mol. The monoisotopic (exact) mass is 609 g/mol. The highest BCUT2D eigenvalue weighted by Crippen LogP contribution is 2.22. The maximum Gasteiger partial charge on any atom is 0.335 e. The summed E-state index contributed by atoms with van der Waals surface area (Å²) in [6.07, 6.45) is -0.268. The molecule has 0 radical (unpaired) electrons. The number of nitrogens with one attached hydrogen (secondary N) is 1. The van der Waals surface area contributed by atoms with E-state index in [-0.39, 0.29) is 18.4 Å². The van der Waals surface area contributed by atoms with Crippen molar-refractivity contribution in [2.45, 2.75) is 31.1 Å². The van der Waals surface area contributed by atoms with Gasteiger partial charge in [-0.3, -0.25) is 19.4 Å². The zero-order chi connectivity index (χ0) is 31.8. The Labute approximate surface area is 254 Å². The summed E-state index contributed by atoms with van der Waals surface area (Å²) >= 11 is 0. The Hall–Kier alpha value is -4.30. The number of aliphatic hydroxyl groups excluding tert-OH is 2. The number of aromatic amines is 1. The lowest BCUT2D eigenvalue weighted by Gasteiger charge is -2.42. The van der Waals surface area contributed by atoms with Crippen molar-refractivity contribution in [3.63, 3.8) is 0 Å². The summed E-state index contributed by atoms with van der Waals surface area (Å²) in [5.41, 5.74) is 2.21. The molecular weight excluding hydrogens is 570 g/mol. The molecular formula is C31H39N5O8. The number of anilines is 1. The van der Waals surface area contributed by atoms with Gasteiger partial charge in [0.2, 0.25) is 5.91 Å². The lowest BCUT2D eigenvalue weighted by atomic mass is 10.0. The van der Waals surface area contributed by atoms with Crippen LogP contribution in [0.15, 0.2) is 60.8 Å². The van der Waals surface area contributed by atoms with Crippen LogP contribution in [0.5, 0.6) is 0 Å². The molecule has 3 aromatic rings. The molecule has 2 fully saturated rings. The maximum atomic E-state index is 13.5. The number of hydrogen-bond donors (Lipinski definition) is 5. The van der Waals surface area contributed by atoms with Crippen LogP contribution in [0, 0.1) is 0 Å². The van der Waals surface area contributed by atoms with Crippen LogP contribution in [0.4, 0.5) is 5.69 Å². The number of carboxylic acids is 2. The molecule has 0 bridgehead atoms. The number of aliphatic carboxylic acids is 2. The third kappa shape index (κ3) is 8.20. The van der Waals surface area contributed by atoms with Crippen molar-refractivity contribution in [1.82, 2.24) is 19.7 Å². The van der Waals surface area contributed by atoms with Crippen molar-refractivity contribution in [3.05, 3.63) is 66.4 Å². The molecule has 2 unspecified atom stereocenters. The Kier molecular flexibility index (Phi) is 11.1. The van der Waals surface area contributed by atoms with Crippen LogP contribution in [0.1, 0.15) is 23.2 Å². The molecule has 0 aliphatic carbocycles. The number of piperidine rings is 1. The quantitative estimate of drug-likeness (QED) is 0.247. The number of aromatic nitrogens is 1. The van der Waals surface area contributed by atoms with E-state index in [9.17, 15) is 19.2 Å². The summed E-state index contributed by atoms with van der Waals surface area (Å²) in [4.78, 5) is 58.0. The molecule has 2 atom stereocenters. The molecule has 44 heavy (non-hydrogen) atoms. The number of H-pyrrole nitrogens is 1. The van der Waals surface area contributed by atoms with Crippen molar-refractivity contribution in [3.8, 4) is 0 Å². The van der Waals surface area contributed by atoms with Crippen molar-refractivity contribution in [2.75, 3.05) is 57.8 Å². The van der Waals surface area contributed by atoms with E-state index in [0.29, 0.717) is 11.6 Å².